The molecule has 0 bridgehead atoms. The molecule has 1 spiro atoms. The first-order valence-corrected chi connectivity index (χ1v) is 13.1. The Morgan fingerprint density at radius 1 is 1.03 bits per heavy atom. The number of β-amino-alcohol motifs (C(OH)–C–C–N with tert-alkyl or cyclic N) is 1. The minimum atomic E-state index is -0.786. The van der Waals surface area contributed by atoms with E-state index in [0.717, 1.165) is 44.9 Å². The van der Waals surface area contributed by atoms with Gasteiger partial charge in [0.05, 0.1) is 17.7 Å². The number of hydrogen-bond acceptors (Lipinski definition) is 5. The Kier molecular flexibility index (Phi) is 6.74. The maximum atomic E-state index is 13.6. The van der Waals surface area contributed by atoms with Crippen molar-refractivity contribution in [2.24, 2.45) is 0 Å². The molecule has 1 aliphatic heterocycles. The zero-order valence-corrected chi connectivity index (χ0v) is 21.1. The van der Waals surface area contributed by atoms with Gasteiger partial charge in [-0.1, -0.05) is 36.4 Å². The van der Waals surface area contributed by atoms with Crippen molar-refractivity contribution in [1.82, 2.24) is 20.1 Å². The lowest BCUT2D eigenvalue weighted by Gasteiger charge is -2.50. The molecule has 1 aromatic heterocycles. The van der Waals surface area contributed by atoms with Crippen LogP contribution in [0.3, 0.4) is 0 Å². The number of carbonyl (C=O) groups excluding carboxylic acids is 2. The van der Waals surface area contributed by atoms with E-state index in [1.54, 1.807) is 18.3 Å². The zero-order chi connectivity index (χ0) is 25.2. The molecule has 3 fully saturated rings. The molecular formula is C28H37N5O3. The summed E-state index contributed by atoms with van der Waals surface area (Å²) < 4.78 is 0. The summed E-state index contributed by atoms with van der Waals surface area (Å²) in [6.07, 6.45) is 7.83. The van der Waals surface area contributed by atoms with Gasteiger partial charge in [-0.3, -0.25) is 4.79 Å². The lowest BCUT2D eigenvalue weighted by atomic mass is 9.68. The predicted molar refractivity (Wildman–Crippen MR) is 138 cm³/mol. The lowest BCUT2D eigenvalue weighted by Crippen LogP contribution is -2.59. The standard InChI is InChI=1S/C28H37N5O3/c1-29-28(22-8-3-2-4-9-22)16-14-26(15-17-28)20-32(25(35)33(26)21-27(36)12-7-13-27)19-11-24(34)31-23-10-5-6-18-30-23/h2-6,8-10,18,29,36H,7,11-17,19-21H2,1H3,(H,30,31,34)/t26-,28+. The van der Waals surface area contributed by atoms with Gasteiger partial charge in [0.25, 0.3) is 0 Å². The molecular weight excluding hydrogens is 454 g/mol. The fraction of sp³-hybridized carbons (Fsp3) is 0.536. The average molecular weight is 492 g/mol. The number of amides is 3. The van der Waals surface area contributed by atoms with Crippen molar-refractivity contribution in [3.05, 3.63) is 60.3 Å². The van der Waals surface area contributed by atoms with E-state index in [-0.39, 0.29) is 29.4 Å². The minimum absolute atomic E-state index is 0.0578. The molecule has 192 valence electrons. The second-order valence-corrected chi connectivity index (χ2v) is 10.8. The molecule has 3 N–H and O–H groups in total. The van der Waals surface area contributed by atoms with Crippen molar-refractivity contribution < 1.29 is 14.7 Å². The smallest absolute Gasteiger partial charge is 0.320 e. The molecule has 1 aromatic carbocycles. The highest BCUT2D eigenvalue weighted by Crippen LogP contribution is 2.48. The summed E-state index contributed by atoms with van der Waals surface area (Å²) in [5.74, 6) is 0.352. The normalized spacial score (nSPS) is 27.2. The highest BCUT2D eigenvalue weighted by Gasteiger charge is 2.55. The number of pyridine rings is 1. The molecule has 5 rings (SSSR count). The highest BCUT2D eigenvalue weighted by molar-refractivity contribution is 5.90. The SMILES string of the molecule is CN[C@]1(c2ccccc2)CC[C@]2(CC1)CN(CCC(=O)Nc1ccccn1)C(=O)N2CC1(O)CCC1. The van der Waals surface area contributed by atoms with Crippen LogP contribution in [0, 0.1) is 0 Å². The number of nitrogens with one attached hydrogen (secondary N) is 2. The second-order valence-electron chi connectivity index (χ2n) is 10.8. The van der Waals surface area contributed by atoms with Crippen LogP contribution in [0.25, 0.3) is 0 Å². The third-order valence-corrected chi connectivity index (χ3v) is 8.68. The fourth-order valence-corrected chi connectivity index (χ4v) is 6.22. The van der Waals surface area contributed by atoms with Gasteiger partial charge in [-0.05, 0) is 69.7 Å². The molecule has 36 heavy (non-hydrogen) atoms. The van der Waals surface area contributed by atoms with Crippen LogP contribution in [0.5, 0.6) is 0 Å². The number of carbonyl (C=O) groups is 2. The molecule has 1 saturated heterocycles. The van der Waals surface area contributed by atoms with Gasteiger partial charge in [-0.15, -0.1) is 0 Å². The molecule has 8 nitrogen and oxygen atoms in total. The first kappa shape index (κ1) is 24.7. The molecule has 3 amide bonds. The molecule has 8 heteroatoms. The number of benzene rings is 1. The van der Waals surface area contributed by atoms with Gasteiger partial charge in [0.1, 0.15) is 5.82 Å². The Balaban J connectivity index is 1.30. The number of hydrogen-bond donors (Lipinski definition) is 3. The van der Waals surface area contributed by atoms with Crippen LogP contribution in [0.2, 0.25) is 0 Å². The van der Waals surface area contributed by atoms with Gasteiger partial charge in [0.15, 0.2) is 0 Å². The monoisotopic (exact) mass is 491 g/mol. The summed E-state index contributed by atoms with van der Waals surface area (Å²) in [7, 11) is 2.02. The summed E-state index contributed by atoms with van der Waals surface area (Å²) in [5.41, 5.74) is 0.0462. The van der Waals surface area contributed by atoms with E-state index in [1.165, 1.54) is 5.56 Å². The Hall–Kier alpha value is -2.97. The number of rotatable bonds is 8. The van der Waals surface area contributed by atoms with Crippen molar-refractivity contribution in [1.29, 1.82) is 0 Å². The summed E-state index contributed by atoms with van der Waals surface area (Å²) in [6.45, 7) is 1.32. The summed E-state index contributed by atoms with van der Waals surface area (Å²) in [4.78, 5) is 34.1. The summed E-state index contributed by atoms with van der Waals surface area (Å²) in [6, 6.07) is 15.9. The number of aromatic nitrogens is 1. The van der Waals surface area contributed by atoms with E-state index in [2.05, 4.69) is 39.9 Å². The first-order valence-electron chi connectivity index (χ1n) is 13.1. The van der Waals surface area contributed by atoms with Crippen molar-refractivity contribution in [3.63, 3.8) is 0 Å². The van der Waals surface area contributed by atoms with E-state index in [1.807, 2.05) is 29.0 Å². The van der Waals surface area contributed by atoms with E-state index < -0.39 is 5.60 Å². The van der Waals surface area contributed by atoms with Gasteiger partial charge >= 0.3 is 6.03 Å². The molecule has 2 aliphatic carbocycles. The van der Waals surface area contributed by atoms with Gasteiger partial charge in [0, 0.05) is 31.2 Å². The van der Waals surface area contributed by atoms with E-state index in [4.69, 9.17) is 0 Å². The van der Waals surface area contributed by atoms with Crippen LogP contribution in [0.15, 0.2) is 54.7 Å². The fourth-order valence-electron chi connectivity index (χ4n) is 6.22. The Bertz CT molecular complexity index is 1070. The second kappa shape index (κ2) is 9.82. The van der Waals surface area contributed by atoms with Crippen molar-refractivity contribution in [2.75, 3.05) is 32.0 Å². The van der Waals surface area contributed by atoms with Crippen molar-refractivity contribution in [3.8, 4) is 0 Å². The topological polar surface area (TPSA) is 97.8 Å². The number of anilines is 1. The molecule has 2 heterocycles. The van der Waals surface area contributed by atoms with E-state index >= 15 is 0 Å². The molecule has 2 saturated carbocycles. The van der Waals surface area contributed by atoms with E-state index in [0.29, 0.717) is 25.5 Å². The summed E-state index contributed by atoms with van der Waals surface area (Å²) in [5, 5.41) is 17.4. The molecule has 2 aromatic rings. The zero-order valence-electron chi connectivity index (χ0n) is 21.1. The summed E-state index contributed by atoms with van der Waals surface area (Å²) >= 11 is 0. The van der Waals surface area contributed by atoms with Crippen LogP contribution >= 0.6 is 0 Å². The molecule has 0 radical (unpaired) electrons. The Morgan fingerprint density at radius 3 is 2.36 bits per heavy atom. The number of urea groups is 1. The maximum Gasteiger partial charge on any atom is 0.320 e. The Labute approximate surface area is 213 Å². The number of nitrogens with zero attached hydrogens (tertiary/aromatic N) is 3. The van der Waals surface area contributed by atoms with Crippen molar-refractivity contribution in [2.45, 2.75) is 68.0 Å². The van der Waals surface area contributed by atoms with Gasteiger partial charge in [0.2, 0.25) is 5.91 Å². The van der Waals surface area contributed by atoms with Crippen LogP contribution in [0.4, 0.5) is 10.6 Å². The van der Waals surface area contributed by atoms with Crippen LogP contribution < -0.4 is 10.6 Å². The highest BCUT2D eigenvalue weighted by atomic mass is 16.3. The molecule has 3 aliphatic rings. The third kappa shape index (κ3) is 4.72. The van der Waals surface area contributed by atoms with Crippen LogP contribution in [-0.4, -0.2) is 69.7 Å². The quantitative estimate of drug-likeness (QED) is 0.525. The van der Waals surface area contributed by atoms with Gasteiger partial charge < -0.3 is 25.5 Å². The molecule has 0 atom stereocenters. The predicted octanol–water partition coefficient (Wildman–Crippen LogP) is 3.49. The number of aliphatic hydroxyl groups is 1. The minimum Gasteiger partial charge on any atom is -0.388 e. The lowest BCUT2D eigenvalue weighted by molar-refractivity contribution is -0.116. The molecule has 0 unspecified atom stereocenters. The van der Waals surface area contributed by atoms with Crippen LogP contribution in [0.1, 0.15) is 56.9 Å². The van der Waals surface area contributed by atoms with Gasteiger partial charge in [-0.25, -0.2) is 9.78 Å². The Morgan fingerprint density at radius 2 is 1.75 bits per heavy atom. The maximum absolute atomic E-state index is 13.6. The van der Waals surface area contributed by atoms with Crippen molar-refractivity contribution >= 4 is 17.8 Å². The van der Waals surface area contributed by atoms with Crippen LogP contribution in [-0.2, 0) is 10.3 Å². The largest absolute Gasteiger partial charge is 0.388 e. The third-order valence-electron chi connectivity index (χ3n) is 8.68. The average Bonchev–Trinajstić information content (AvgIpc) is 3.14. The van der Waals surface area contributed by atoms with E-state index in [9.17, 15) is 14.7 Å². The first-order chi connectivity index (χ1) is 17.4. The van der Waals surface area contributed by atoms with Gasteiger partial charge in [-0.2, -0.15) is 0 Å².